The number of benzene rings is 2. The van der Waals surface area contributed by atoms with Gasteiger partial charge in [-0.25, -0.2) is 0 Å². The molecule has 0 radical (unpaired) electrons. The first kappa shape index (κ1) is 17.8. The van der Waals surface area contributed by atoms with Gasteiger partial charge in [-0.15, -0.1) is 0 Å². The van der Waals surface area contributed by atoms with E-state index in [1.54, 1.807) is 0 Å². The van der Waals surface area contributed by atoms with Crippen LogP contribution in [0.25, 0.3) is 0 Å². The van der Waals surface area contributed by atoms with Crippen LogP contribution in [-0.4, -0.2) is 6.61 Å². The van der Waals surface area contributed by atoms with Gasteiger partial charge in [-0.05, 0) is 30.7 Å². The highest BCUT2D eigenvalue weighted by Gasteiger charge is 2.16. The Hall–Kier alpha value is -1.57. The Labute approximate surface area is 140 Å². The SMILES string of the molecule is CCCCCCCOP(Oc1ccccc1)Oc1ccccc1. The van der Waals surface area contributed by atoms with Crippen molar-refractivity contribution in [2.45, 2.75) is 39.0 Å². The first-order valence-electron chi connectivity index (χ1n) is 8.27. The van der Waals surface area contributed by atoms with Crippen molar-refractivity contribution >= 4 is 8.60 Å². The molecule has 0 aromatic heterocycles. The summed E-state index contributed by atoms with van der Waals surface area (Å²) in [6.45, 7) is 2.88. The third kappa shape index (κ3) is 7.49. The van der Waals surface area contributed by atoms with Gasteiger partial charge in [0.2, 0.25) is 0 Å². The van der Waals surface area contributed by atoms with Gasteiger partial charge in [0.05, 0.1) is 6.61 Å². The van der Waals surface area contributed by atoms with Crippen LogP contribution in [0.2, 0.25) is 0 Å². The number of unbranched alkanes of at least 4 members (excludes halogenated alkanes) is 4. The average molecular weight is 332 g/mol. The van der Waals surface area contributed by atoms with Gasteiger partial charge in [0.25, 0.3) is 0 Å². The van der Waals surface area contributed by atoms with Crippen molar-refractivity contribution in [1.82, 2.24) is 0 Å². The van der Waals surface area contributed by atoms with Crippen LogP contribution in [0.15, 0.2) is 60.7 Å². The molecule has 2 rings (SSSR count). The molecule has 2 aromatic carbocycles. The number of hydrogen-bond acceptors (Lipinski definition) is 3. The minimum atomic E-state index is -1.44. The second-order valence-corrected chi connectivity index (χ2v) is 6.35. The second-order valence-electron chi connectivity index (χ2n) is 5.28. The van der Waals surface area contributed by atoms with Crippen molar-refractivity contribution in [3.05, 3.63) is 60.7 Å². The molecule has 0 aliphatic carbocycles. The zero-order valence-corrected chi connectivity index (χ0v) is 14.6. The first-order valence-corrected chi connectivity index (χ1v) is 9.37. The van der Waals surface area contributed by atoms with E-state index in [0.717, 1.165) is 17.9 Å². The molecule has 23 heavy (non-hydrogen) atoms. The highest BCUT2D eigenvalue weighted by molar-refractivity contribution is 7.42. The fourth-order valence-corrected chi connectivity index (χ4v) is 3.06. The highest BCUT2D eigenvalue weighted by Crippen LogP contribution is 2.41. The Balaban J connectivity index is 1.83. The summed E-state index contributed by atoms with van der Waals surface area (Å²) in [6.07, 6.45) is 6.03. The molecule has 0 saturated heterocycles. The zero-order chi connectivity index (χ0) is 16.2. The molecule has 0 heterocycles. The fourth-order valence-electron chi connectivity index (χ4n) is 2.05. The summed E-state index contributed by atoms with van der Waals surface area (Å²) in [4.78, 5) is 0. The summed E-state index contributed by atoms with van der Waals surface area (Å²) in [5.74, 6) is 1.53. The van der Waals surface area contributed by atoms with Crippen LogP contribution in [0, 0.1) is 0 Å². The van der Waals surface area contributed by atoms with Gasteiger partial charge >= 0.3 is 8.60 Å². The van der Waals surface area contributed by atoms with Gasteiger partial charge in [-0.3, -0.25) is 4.52 Å². The molecule has 0 aliphatic heterocycles. The van der Waals surface area contributed by atoms with E-state index >= 15 is 0 Å². The maximum absolute atomic E-state index is 5.87. The molecule has 0 saturated carbocycles. The van der Waals surface area contributed by atoms with E-state index in [4.69, 9.17) is 13.6 Å². The Morgan fingerprint density at radius 1 is 0.696 bits per heavy atom. The summed E-state index contributed by atoms with van der Waals surface area (Å²) >= 11 is 0. The second kappa shape index (κ2) is 11.0. The van der Waals surface area contributed by atoms with Crippen LogP contribution in [0.5, 0.6) is 11.5 Å². The number of rotatable bonds is 11. The van der Waals surface area contributed by atoms with Gasteiger partial charge in [-0.1, -0.05) is 69.0 Å². The van der Waals surface area contributed by atoms with Crippen molar-refractivity contribution in [3.63, 3.8) is 0 Å². The number of hydrogen-bond donors (Lipinski definition) is 0. The van der Waals surface area contributed by atoms with Crippen molar-refractivity contribution < 1.29 is 13.6 Å². The summed E-state index contributed by atoms with van der Waals surface area (Å²) in [5, 5.41) is 0. The van der Waals surface area contributed by atoms with Crippen LogP contribution < -0.4 is 9.05 Å². The molecule has 0 atom stereocenters. The van der Waals surface area contributed by atoms with Gasteiger partial charge in [0, 0.05) is 0 Å². The highest BCUT2D eigenvalue weighted by atomic mass is 31.2. The maximum atomic E-state index is 5.87. The Bertz CT molecular complexity index is 477. The van der Waals surface area contributed by atoms with Gasteiger partial charge in [0.15, 0.2) is 0 Å². The molecule has 124 valence electrons. The van der Waals surface area contributed by atoms with E-state index in [9.17, 15) is 0 Å². The van der Waals surface area contributed by atoms with Gasteiger partial charge in [-0.2, -0.15) is 0 Å². The maximum Gasteiger partial charge on any atom is 0.463 e. The summed E-state index contributed by atoms with van der Waals surface area (Å²) in [6, 6.07) is 19.3. The normalized spacial score (nSPS) is 10.7. The molecule has 3 nitrogen and oxygen atoms in total. The standard InChI is InChI=1S/C19H25O3P/c1-2-3-4-5-12-17-20-23(21-18-13-8-6-9-14-18)22-19-15-10-7-11-16-19/h6-11,13-16H,2-5,12,17H2,1H3. The smallest absolute Gasteiger partial charge is 0.418 e. The molecule has 4 heteroatoms. The van der Waals surface area contributed by atoms with Gasteiger partial charge in [0.1, 0.15) is 11.5 Å². The summed E-state index contributed by atoms with van der Waals surface area (Å²) in [5.41, 5.74) is 0. The van der Waals surface area contributed by atoms with Crippen molar-refractivity contribution in [2.24, 2.45) is 0 Å². The van der Waals surface area contributed by atoms with Crippen LogP contribution >= 0.6 is 8.60 Å². The molecule has 0 aliphatic rings. The van der Waals surface area contributed by atoms with Crippen molar-refractivity contribution in [2.75, 3.05) is 6.61 Å². The Kier molecular flexibility index (Phi) is 8.53. The molecular weight excluding hydrogens is 307 g/mol. The van der Waals surface area contributed by atoms with Gasteiger partial charge < -0.3 is 9.05 Å². The van der Waals surface area contributed by atoms with E-state index < -0.39 is 8.60 Å². The number of para-hydroxylation sites is 2. The van der Waals surface area contributed by atoms with Crippen molar-refractivity contribution in [3.8, 4) is 11.5 Å². The fraction of sp³-hybridized carbons (Fsp3) is 0.368. The minimum Gasteiger partial charge on any atom is -0.418 e. The molecule has 0 fully saturated rings. The predicted molar refractivity (Wildman–Crippen MR) is 95.8 cm³/mol. The Morgan fingerprint density at radius 3 is 1.74 bits per heavy atom. The zero-order valence-electron chi connectivity index (χ0n) is 13.7. The summed E-state index contributed by atoms with van der Waals surface area (Å²) < 4.78 is 17.6. The lowest BCUT2D eigenvalue weighted by atomic mass is 10.2. The monoisotopic (exact) mass is 332 g/mol. The van der Waals surface area contributed by atoms with E-state index in [1.807, 2.05) is 60.7 Å². The van der Waals surface area contributed by atoms with Crippen molar-refractivity contribution in [1.29, 1.82) is 0 Å². The van der Waals surface area contributed by atoms with Crippen LogP contribution in [0.3, 0.4) is 0 Å². The average Bonchev–Trinajstić information content (AvgIpc) is 2.60. The van der Waals surface area contributed by atoms with Crippen LogP contribution in [-0.2, 0) is 4.52 Å². The van der Waals surface area contributed by atoms with E-state index in [0.29, 0.717) is 6.61 Å². The molecule has 0 spiro atoms. The third-order valence-electron chi connectivity index (χ3n) is 3.29. The molecule has 0 N–H and O–H groups in total. The lowest BCUT2D eigenvalue weighted by Gasteiger charge is -2.17. The molecule has 0 amide bonds. The lowest BCUT2D eigenvalue weighted by Crippen LogP contribution is -2.01. The molecule has 0 unspecified atom stereocenters. The largest absolute Gasteiger partial charge is 0.463 e. The molecule has 0 bridgehead atoms. The van der Waals surface area contributed by atoms with Crippen LogP contribution in [0.4, 0.5) is 0 Å². The molecular formula is C19H25O3P. The van der Waals surface area contributed by atoms with E-state index in [-0.39, 0.29) is 0 Å². The quantitative estimate of drug-likeness (QED) is 0.354. The van der Waals surface area contributed by atoms with Crippen LogP contribution in [0.1, 0.15) is 39.0 Å². The minimum absolute atomic E-state index is 0.662. The topological polar surface area (TPSA) is 27.7 Å². The van der Waals surface area contributed by atoms with E-state index in [1.165, 1.54) is 25.7 Å². The predicted octanol–water partition coefficient (Wildman–Crippen LogP) is 6.36. The first-order chi connectivity index (χ1) is 11.4. The Morgan fingerprint density at radius 2 is 1.22 bits per heavy atom. The third-order valence-corrected chi connectivity index (χ3v) is 4.40. The van der Waals surface area contributed by atoms with E-state index in [2.05, 4.69) is 6.92 Å². The summed E-state index contributed by atoms with van der Waals surface area (Å²) in [7, 11) is -1.44. The lowest BCUT2D eigenvalue weighted by molar-refractivity contribution is 0.258. The molecule has 2 aromatic rings.